The van der Waals surface area contributed by atoms with Crippen LogP contribution in [0.5, 0.6) is 0 Å². The topological polar surface area (TPSA) is 61.9 Å². The van der Waals surface area contributed by atoms with Crippen LogP contribution in [0.3, 0.4) is 0 Å². The molecule has 0 aliphatic carbocycles. The van der Waals surface area contributed by atoms with E-state index in [0.717, 1.165) is 12.1 Å². The number of rotatable bonds is 2. The lowest BCUT2D eigenvalue weighted by molar-refractivity contribution is -0.149. The van der Waals surface area contributed by atoms with Crippen LogP contribution in [0.2, 0.25) is 0 Å². The van der Waals surface area contributed by atoms with Gasteiger partial charge >= 0.3 is 12.1 Å². The molecule has 2 saturated heterocycles. The highest BCUT2D eigenvalue weighted by Crippen LogP contribution is 2.40. The van der Waals surface area contributed by atoms with Gasteiger partial charge in [-0.3, -0.25) is 4.79 Å². The molecule has 3 aliphatic heterocycles. The summed E-state index contributed by atoms with van der Waals surface area (Å²) in [5.41, 5.74) is -0.249. The zero-order chi connectivity index (χ0) is 21.5. The van der Waals surface area contributed by atoms with Crippen molar-refractivity contribution in [1.29, 1.82) is 0 Å². The number of piperazine rings is 1. The summed E-state index contributed by atoms with van der Waals surface area (Å²) in [5, 5.41) is 3.22. The zero-order valence-corrected chi connectivity index (χ0v) is 19.2. The second-order valence-electron chi connectivity index (χ2n) is 7.96. The predicted octanol–water partition coefficient (Wildman–Crippen LogP) is 3.19. The Morgan fingerprint density at radius 2 is 1.72 bits per heavy atom. The molecule has 0 radical (unpaired) electrons. The molecule has 3 aliphatic rings. The normalized spacial score (nSPS) is 20.6. The predicted molar refractivity (Wildman–Crippen MR) is 118 cm³/mol. The molecule has 4 rings (SSSR count). The van der Waals surface area contributed by atoms with Gasteiger partial charge in [0.2, 0.25) is 0 Å². The number of carbonyl (C=O) groups excluding carboxylic acids is 2. The molecule has 1 spiro atoms. The average Bonchev–Trinajstić information content (AvgIpc) is 2.97. The third-order valence-corrected chi connectivity index (χ3v) is 6.16. The van der Waals surface area contributed by atoms with Crippen LogP contribution >= 0.6 is 24.8 Å². The first-order valence-electron chi connectivity index (χ1n) is 10.1. The number of hydrogen-bond donors (Lipinski definition) is 1. The van der Waals surface area contributed by atoms with Crippen LogP contribution in [0.1, 0.15) is 25.3 Å². The summed E-state index contributed by atoms with van der Waals surface area (Å²) >= 11 is 0. The van der Waals surface area contributed by atoms with Gasteiger partial charge in [-0.05, 0) is 38.2 Å². The Labute approximate surface area is 197 Å². The van der Waals surface area contributed by atoms with Crippen molar-refractivity contribution in [2.75, 3.05) is 44.2 Å². The SMILES string of the molecule is CC1=C(C(=O)N2CCN(c3cccc(C(F)(F)F)c3)CC2)C2(CCNCC2)OC1=O.Cl.Cl. The van der Waals surface area contributed by atoms with Gasteiger partial charge in [-0.1, -0.05) is 6.07 Å². The molecular formula is C21H26Cl2F3N3O3. The number of nitrogens with one attached hydrogen (secondary N) is 1. The fourth-order valence-corrected chi connectivity index (χ4v) is 4.49. The molecule has 0 saturated carbocycles. The Kier molecular flexibility index (Phi) is 8.12. The van der Waals surface area contributed by atoms with Gasteiger partial charge in [0, 0.05) is 50.3 Å². The summed E-state index contributed by atoms with van der Waals surface area (Å²) in [7, 11) is 0. The molecule has 1 aromatic rings. The van der Waals surface area contributed by atoms with Gasteiger partial charge in [-0.15, -0.1) is 24.8 Å². The van der Waals surface area contributed by atoms with Crippen LogP contribution in [-0.4, -0.2) is 61.6 Å². The molecule has 11 heteroatoms. The number of benzene rings is 1. The number of alkyl halides is 3. The van der Waals surface area contributed by atoms with Crippen molar-refractivity contribution in [3.63, 3.8) is 0 Å². The molecule has 1 aromatic carbocycles. The number of piperidine rings is 1. The summed E-state index contributed by atoms with van der Waals surface area (Å²) in [6, 6.07) is 5.23. The van der Waals surface area contributed by atoms with Crippen molar-refractivity contribution in [2.24, 2.45) is 0 Å². The number of nitrogens with zero attached hydrogens (tertiary/aromatic N) is 2. The van der Waals surface area contributed by atoms with E-state index in [0.29, 0.717) is 68.9 Å². The Balaban J connectivity index is 0.00000181. The Morgan fingerprint density at radius 1 is 1.09 bits per heavy atom. The van der Waals surface area contributed by atoms with E-state index in [2.05, 4.69) is 5.32 Å². The molecule has 0 atom stereocenters. The third kappa shape index (κ3) is 4.84. The minimum absolute atomic E-state index is 0. The number of anilines is 1. The van der Waals surface area contributed by atoms with E-state index < -0.39 is 23.3 Å². The van der Waals surface area contributed by atoms with Crippen molar-refractivity contribution in [3.8, 4) is 0 Å². The van der Waals surface area contributed by atoms with Gasteiger partial charge in [-0.25, -0.2) is 4.79 Å². The molecule has 3 heterocycles. The highest BCUT2D eigenvalue weighted by molar-refractivity contribution is 6.07. The number of amides is 1. The maximum absolute atomic E-state index is 13.3. The van der Waals surface area contributed by atoms with E-state index in [1.54, 1.807) is 17.9 Å². The van der Waals surface area contributed by atoms with Gasteiger partial charge in [0.05, 0.1) is 11.1 Å². The molecule has 6 nitrogen and oxygen atoms in total. The standard InChI is InChI=1S/C21H24F3N3O3.2ClH/c1-14-17(20(30-19(14)29)5-7-25-8-6-20)18(28)27-11-9-26(10-12-27)16-4-2-3-15(13-16)21(22,23)24;;/h2-4,13,25H,5-12H2,1H3;2*1H. The first kappa shape index (κ1) is 26.3. The molecule has 1 amide bonds. The van der Waals surface area contributed by atoms with Gasteiger partial charge in [0.15, 0.2) is 0 Å². The zero-order valence-electron chi connectivity index (χ0n) is 17.5. The van der Waals surface area contributed by atoms with E-state index in [1.807, 2.05) is 4.90 Å². The molecule has 2 fully saturated rings. The number of carbonyl (C=O) groups is 2. The van der Waals surface area contributed by atoms with Crippen molar-refractivity contribution >= 4 is 42.4 Å². The van der Waals surface area contributed by atoms with E-state index >= 15 is 0 Å². The molecule has 0 aromatic heterocycles. The van der Waals surface area contributed by atoms with Crippen LogP contribution in [0.15, 0.2) is 35.4 Å². The quantitative estimate of drug-likeness (QED) is 0.638. The smallest absolute Gasteiger partial charge is 0.416 e. The summed E-state index contributed by atoms with van der Waals surface area (Å²) < 4.78 is 44.6. The first-order chi connectivity index (χ1) is 14.2. The number of hydrogen-bond acceptors (Lipinski definition) is 5. The molecular weight excluding hydrogens is 470 g/mol. The van der Waals surface area contributed by atoms with Crippen LogP contribution in [0, 0.1) is 0 Å². The second-order valence-corrected chi connectivity index (χ2v) is 7.96. The van der Waals surface area contributed by atoms with Crippen molar-refractivity contribution in [2.45, 2.75) is 31.5 Å². The summed E-state index contributed by atoms with van der Waals surface area (Å²) in [4.78, 5) is 29.0. The second kappa shape index (κ2) is 9.89. The van der Waals surface area contributed by atoms with Crippen molar-refractivity contribution < 1.29 is 27.5 Å². The highest BCUT2D eigenvalue weighted by Gasteiger charge is 2.50. The highest BCUT2D eigenvalue weighted by atomic mass is 35.5. The van der Waals surface area contributed by atoms with Gasteiger partial charge in [-0.2, -0.15) is 13.2 Å². The maximum atomic E-state index is 13.3. The lowest BCUT2D eigenvalue weighted by Gasteiger charge is -2.39. The van der Waals surface area contributed by atoms with Crippen LogP contribution in [0.25, 0.3) is 0 Å². The maximum Gasteiger partial charge on any atom is 0.416 e. The monoisotopic (exact) mass is 495 g/mol. The summed E-state index contributed by atoms with van der Waals surface area (Å²) in [6.07, 6.45) is -3.28. The van der Waals surface area contributed by atoms with Gasteiger partial charge < -0.3 is 19.9 Å². The minimum Gasteiger partial charge on any atom is -0.450 e. The number of halogens is 5. The Morgan fingerprint density at radius 3 is 2.31 bits per heavy atom. The van der Waals surface area contributed by atoms with E-state index in [4.69, 9.17) is 4.74 Å². The average molecular weight is 496 g/mol. The first-order valence-corrected chi connectivity index (χ1v) is 10.1. The van der Waals surface area contributed by atoms with Crippen LogP contribution < -0.4 is 10.2 Å². The Bertz CT molecular complexity index is 894. The van der Waals surface area contributed by atoms with Crippen molar-refractivity contribution in [1.82, 2.24) is 10.2 Å². The summed E-state index contributed by atoms with van der Waals surface area (Å²) in [6.45, 7) is 4.54. The Hall–Kier alpha value is -1.97. The third-order valence-electron chi connectivity index (χ3n) is 6.16. The van der Waals surface area contributed by atoms with Crippen molar-refractivity contribution in [3.05, 3.63) is 41.0 Å². The largest absolute Gasteiger partial charge is 0.450 e. The summed E-state index contributed by atoms with van der Waals surface area (Å²) in [5.74, 6) is -0.646. The fourth-order valence-electron chi connectivity index (χ4n) is 4.49. The molecule has 32 heavy (non-hydrogen) atoms. The molecule has 0 unspecified atom stereocenters. The van der Waals surface area contributed by atoms with Gasteiger partial charge in [0.1, 0.15) is 5.60 Å². The lowest BCUT2D eigenvalue weighted by Crippen LogP contribution is -2.53. The number of esters is 1. The van der Waals surface area contributed by atoms with Crippen LogP contribution in [-0.2, 0) is 20.5 Å². The van der Waals surface area contributed by atoms with Gasteiger partial charge in [0.25, 0.3) is 5.91 Å². The molecule has 178 valence electrons. The molecule has 0 bridgehead atoms. The fraction of sp³-hybridized carbons (Fsp3) is 0.524. The van der Waals surface area contributed by atoms with E-state index in [1.165, 1.54) is 6.07 Å². The van der Waals surface area contributed by atoms with Crippen LogP contribution in [0.4, 0.5) is 18.9 Å². The van der Waals surface area contributed by atoms with E-state index in [9.17, 15) is 22.8 Å². The lowest BCUT2D eigenvalue weighted by atomic mass is 9.83. The minimum atomic E-state index is -4.39. The number of ether oxygens (including phenoxy) is 1. The molecule has 1 N–H and O–H groups in total. The van der Waals surface area contributed by atoms with E-state index in [-0.39, 0.29) is 30.7 Å².